The monoisotopic (exact) mass is 311 g/mol. The molecule has 6 heteroatoms. The minimum atomic E-state index is -0.855. The molecule has 2 rings (SSSR count). The van der Waals surface area contributed by atoms with E-state index in [-0.39, 0.29) is 18.6 Å². The van der Waals surface area contributed by atoms with E-state index in [2.05, 4.69) is 5.32 Å². The van der Waals surface area contributed by atoms with Crippen molar-refractivity contribution in [1.82, 2.24) is 5.32 Å². The number of amides is 1. The lowest BCUT2D eigenvalue weighted by Gasteiger charge is -2.17. The summed E-state index contributed by atoms with van der Waals surface area (Å²) >= 11 is 5.91. The third-order valence-corrected chi connectivity index (χ3v) is 4.10. The topological polar surface area (TPSA) is 75.6 Å². The highest BCUT2D eigenvalue weighted by atomic mass is 35.5. The fraction of sp³-hybridized carbons (Fsp3) is 0.467. The van der Waals surface area contributed by atoms with Gasteiger partial charge in [-0.3, -0.25) is 9.59 Å². The number of carbonyl (C=O) groups is 2. The number of ether oxygens (including phenoxy) is 1. The lowest BCUT2D eigenvalue weighted by Crippen LogP contribution is -2.42. The van der Waals surface area contributed by atoms with Gasteiger partial charge in [-0.25, -0.2) is 0 Å². The summed E-state index contributed by atoms with van der Waals surface area (Å²) in [5, 5.41) is 12.4. The summed E-state index contributed by atoms with van der Waals surface area (Å²) in [7, 11) is 0. The SMILES string of the molecule is Cc1cc(OCC(=O)NC2CCCC2C(=O)O)ccc1Cl. The smallest absolute Gasteiger partial charge is 0.308 e. The van der Waals surface area contributed by atoms with E-state index >= 15 is 0 Å². The largest absolute Gasteiger partial charge is 0.484 e. The molecule has 2 atom stereocenters. The van der Waals surface area contributed by atoms with Gasteiger partial charge < -0.3 is 15.2 Å². The van der Waals surface area contributed by atoms with E-state index in [9.17, 15) is 9.59 Å². The number of carboxylic acids is 1. The predicted octanol–water partition coefficient (Wildman–Crippen LogP) is 2.40. The van der Waals surface area contributed by atoms with Crippen LogP contribution >= 0.6 is 11.6 Å². The van der Waals surface area contributed by atoms with Crippen molar-refractivity contribution in [3.63, 3.8) is 0 Å². The van der Waals surface area contributed by atoms with Crippen LogP contribution in [0.1, 0.15) is 24.8 Å². The van der Waals surface area contributed by atoms with E-state index in [1.54, 1.807) is 18.2 Å². The molecule has 2 N–H and O–H groups in total. The molecule has 114 valence electrons. The van der Waals surface area contributed by atoms with Crippen molar-refractivity contribution >= 4 is 23.5 Å². The van der Waals surface area contributed by atoms with Crippen molar-refractivity contribution in [2.75, 3.05) is 6.61 Å². The molecule has 1 amide bonds. The number of nitrogens with one attached hydrogen (secondary N) is 1. The molecule has 0 saturated heterocycles. The first-order valence-corrected chi connectivity index (χ1v) is 7.26. The Hall–Kier alpha value is -1.75. The van der Waals surface area contributed by atoms with E-state index in [4.69, 9.17) is 21.4 Å². The van der Waals surface area contributed by atoms with Crippen LogP contribution in [-0.2, 0) is 9.59 Å². The van der Waals surface area contributed by atoms with Crippen LogP contribution in [0.15, 0.2) is 18.2 Å². The normalized spacial score (nSPS) is 21.0. The van der Waals surface area contributed by atoms with Crippen LogP contribution < -0.4 is 10.1 Å². The average Bonchev–Trinajstić information content (AvgIpc) is 2.88. The van der Waals surface area contributed by atoms with Gasteiger partial charge in [0.2, 0.25) is 0 Å². The highest BCUT2D eigenvalue weighted by Crippen LogP contribution is 2.26. The van der Waals surface area contributed by atoms with Crippen LogP contribution in [0.25, 0.3) is 0 Å². The molecule has 1 aliphatic carbocycles. The third kappa shape index (κ3) is 4.11. The number of halogens is 1. The predicted molar refractivity (Wildman–Crippen MR) is 78.6 cm³/mol. The summed E-state index contributed by atoms with van der Waals surface area (Å²) in [6.45, 7) is 1.72. The van der Waals surface area contributed by atoms with Gasteiger partial charge in [0.05, 0.1) is 5.92 Å². The molecule has 5 nitrogen and oxygen atoms in total. The Labute approximate surface area is 128 Å². The van der Waals surface area contributed by atoms with Crippen molar-refractivity contribution in [2.45, 2.75) is 32.2 Å². The first-order valence-electron chi connectivity index (χ1n) is 6.88. The summed E-state index contributed by atoms with van der Waals surface area (Å²) in [5.41, 5.74) is 0.872. The molecule has 0 bridgehead atoms. The fourth-order valence-corrected chi connectivity index (χ4v) is 2.65. The number of aryl methyl sites for hydroxylation is 1. The highest BCUT2D eigenvalue weighted by Gasteiger charge is 2.33. The maximum Gasteiger partial charge on any atom is 0.308 e. The Morgan fingerprint density at radius 3 is 2.86 bits per heavy atom. The van der Waals surface area contributed by atoms with Crippen molar-refractivity contribution in [3.8, 4) is 5.75 Å². The molecule has 0 aromatic heterocycles. The van der Waals surface area contributed by atoms with E-state index in [0.717, 1.165) is 12.0 Å². The number of carboxylic acid groups (broad SMARTS) is 1. The molecule has 0 spiro atoms. The Bertz CT molecular complexity index is 546. The van der Waals surface area contributed by atoms with E-state index in [1.807, 2.05) is 6.92 Å². The van der Waals surface area contributed by atoms with Gasteiger partial charge in [0, 0.05) is 11.1 Å². The summed E-state index contributed by atoms with van der Waals surface area (Å²) < 4.78 is 5.39. The second-order valence-electron chi connectivity index (χ2n) is 5.25. The molecule has 1 fully saturated rings. The van der Waals surface area contributed by atoms with Gasteiger partial charge in [0.25, 0.3) is 5.91 Å². The minimum absolute atomic E-state index is 0.135. The Balaban J connectivity index is 1.84. The zero-order chi connectivity index (χ0) is 15.4. The molecule has 1 aromatic carbocycles. The fourth-order valence-electron chi connectivity index (χ4n) is 2.53. The zero-order valence-electron chi connectivity index (χ0n) is 11.8. The molecular weight excluding hydrogens is 294 g/mol. The van der Waals surface area contributed by atoms with Gasteiger partial charge >= 0.3 is 5.97 Å². The van der Waals surface area contributed by atoms with E-state index in [0.29, 0.717) is 23.6 Å². The maximum atomic E-state index is 11.8. The van der Waals surface area contributed by atoms with Crippen molar-refractivity contribution in [2.24, 2.45) is 5.92 Å². The van der Waals surface area contributed by atoms with Gasteiger partial charge in [-0.15, -0.1) is 0 Å². The van der Waals surface area contributed by atoms with Gasteiger partial charge in [-0.05, 0) is 43.5 Å². The lowest BCUT2D eigenvalue weighted by atomic mass is 10.0. The average molecular weight is 312 g/mol. The van der Waals surface area contributed by atoms with Gasteiger partial charge in [-0.1, -0.05) is 18.0 Å². The molecule has 1 saturated carbocycles. The number of hydrogen-bond donors (Lipinski definition) is 2. The molecule has 0 aliphatic heterocycles. The maximum absolute atomic E-state index is 11.8. The number of rotatable bonds is 5. The summed E-state index contributed by atoms with van der Waals surface area (Å²) in [4.78, 5) is 22.9. The Morgan fingerprint density at radius 1 is 1.43 bits per heavy atom. The van der Waals surface area contributed by atoms with E-state index < -0.39 is 11.9 Å². The third-order valence-electron chi connectivity index (χ3n) is 3.68. The van der Waals surface area contributed by atoms with Crippen LogP contribution in [0.5, 0.6) is 5.75 Å². The highest BCUT2D eigenvalue weighted by molar-refractivity contribution is 6.31. The van der Waals surface area contributed by atoms with Crippen molar-refractivity contribution in [3.05, 3.63) is 28.8 Å². The number of aliphatic carboxylic acids is 1. The van der Waals surface area contributed by atoms with Crippen molar-refractivity contribution < 1.29 is 19.4 Å². The molecule has 21 heavy (non-hydrogen) atoms. The van der Waals surface area contributed by atoms with Gasteiger partial charge in [-0.2, -0.15) is 0 Å². The second kappa shape index (κ2) is 6.80. The Morgan fingerprint density at radius 2 is 2.19 bits per heavy atom. The van der Waals surface area contributed by atoms with Crippen LogP contribution in [0, 0.1) is 12.8 Å². The van der Waals surface area contributed by atoms with Crippen LogP contribution in [0.2, 0.25) is 5.02 Å². The number of benzene rings is 1. The van der Waals surface area contributed by atoms with E-state index in [1.165, 1.54) is 0 Å². The molecular formula is C15H18ClNO4. The van der Waals surface area contributed by atoms with Gasteiger partial charge in [0.1, 0.15) is 5.75 Å². The molecule has 1 aliphatic rings. The summed E-state index contributed by atoms with van der Waals surface area (Å²) in [6.07, 6.45) is 2.12. The van der Waals surface area contributed by atoms with Gasteiger partial charge in [0.15, 0.2) is 6.61 Å². The Kier molecular flexibility index (Phi) is 5.07. The second-order valence-corrected chi connectivity index (χ2v) is 5.66. The summed E-state index contributed by atoms with van der Waals surface area (Å²) in [6, 6.07) is 4.86. The number of carbonyl (C=O) groups excluding carboxylic acids is 1. The lowest BCUT2D eigenvalue weighted by molar-refractivity contribution is -0.142. The van der Waals surface area contributed by atoms with Crippen LogP contribution in [-0.4, -0.2) is 29.6 Å². The number of hydrogen-bond acceptors (Lipinski definition) is 3. The summed E-state index contributed by atoms with van der Waals surface area (Å²) in [5.74, 6) is -1.09. The molecule has 2 unspecified atom stereocenters. The van der Waals surface area contributed by atoms with Crippen LogP contribution in [0.4, 0.5) is 0 Å². The quantitative estimate of drug-likeness (QED) is 0.875. The minimum Gasteiger partial charge on any atom is -0.484 e. The van der Waals surface area contributed by atoms with Crippen LogP contribution in [0.3, 0.4) is 0 Å². The first-order chi connectivity index (χ1) is 9.97. The standard InChI is InChI=1S/C15H18ClNO4/c1-9-7-10(5-6-12(9)16)21-8-14(18)17-13-4-2-3-11(13)15(19)20/h5-7,11,13H,2-4,8H2,1H3,(H,17,18)(H,19,20). The molecule has 1 aromatic rings. The molecule has 0 radical (unpaired) electrons. The van der Waals surface area contributed by atoms with Crippen molar-refractivity contribution in [1.29, 1.82) is 0 Å². The zero-order valence-corrected chi connectivity index (χ0v) is 12.5. The molecule has 0 heterocycles. The first kappa shape index (κ1) is 15.6.